The first-order chi connectivity index (χ1) is 10.3. The van der Waals surface area contributed by atoms with Crippen molar-refractivity contribution in [3.05, 3.63) is 22.8 Å². The molecule has 0 heteroatoms. The minimum absolute atomic E-state index is 0.490. The zero-order chi connectivity index (χ0) is 16.1. The monoisotopic (exact) mass is 300 g/mol. The van der Waals surface area contributed by atoms with Gasteiger partial charge in [-0.1, -0.05) is 65.2 Å². The molecule has 0 spiro atoms. The summed E-state index contributed by atoms with van der Waals surface area (Å²) in [5.41, 5.74) is 6.34. The van der Waals surface area contributed by atoms with Gasteiger partial charge in [0, 0.05) is 0 Å². The molecule has 0 heterocycles. The Morgan fingerprint density at radius 2 is 1.73 bits per heavy atom. The van der Waals surface area contributed by atoms with E-state index in [0.717, 1.165) is 17.8 Å². The van der Waals surface area contributed by atoms with Crippen molar-refractivity contribution >= 4 is 0 Å². The van der Waals surface area contributed by atoms with Crippen LogP contribution in [0.15, 0.2) is 22.8 Å². The first-order valence-electron chi connectivity index (χ1n) is 9.72. The van der Waals surface area contributed by atoms with Crippen LogP contribution in [0.3, 0.4) is 0 Å². The lowest BCUT2D eigenvalue weighted by Crippen LogP contribution is -2.49. The van der Waals surface area contributed by atoms with Crippen LogP contribution >= 0.6 is 0 Å². The summed E-state index contributed by atoms with van der Waals surface area (Å²) in [6.45, 7) is 14.9. The van der Waals surface area contributed by atoms with Gasteiger partial charge in [-0.15, -0.1) is 0 Å². The summed E-state index contributed by atoms with van der Waals surface area (Å²) in [4.78, 5) is 0. The van der Waals surface area contributed by atoms with Crippen molar-refractivity contribution in [2.45, 2.75) is 86.5 Å². The van der Waals surface area contributed by atoms with Crippen molar-refractivity contribution in [1.29, 1.82) is 0 Å². The summed E-state index contributed by atoms with van der Waals surface area (Å²) >= 11 is 0. The number of hydrogen-bond donors (Lipinski definition) is 0. The van der Waals surface area contributed by atoms with Gasteiger partial charge in [0.15, 0.2) is 0 Å². The predicted molar refractivity (Wildman–Crippen MR) is 96.8 cm³/mol. The van der Waals surface area contributed by atoms with E-state index >= 15 is 0 Å². The molecule has 3 atom stereocenters. The van der Waals surface area contributed by atoms with E-state index < -0.39 is 0 Å². The lowest BCUT2D eigenvalue weighted by Gasteiger charge is -2.58. The Hall–Kier alpha value is -0.520. The van der Waals surface area contributed by atoms with E-state index in [0.29, 0.717) is 10.8 Å². The Kier molecular flexibility index (Phi) is 4.11. The summed E-state index contributed by atoms with van der Waals surface area (Å²) < 4.78 is 0. The van der Waals surface area contributed by atoms with Gasteiger partial charge in [-0.25, -0.2) is 0 Å². The normalized spacial score (nSPS) is 38.9. The van der Waals surface area contributed by atoms with Gasteiger partial charge in [0.05, 0.1) is 0 Å². The maximum absolute atomic E-state index is 2.63. The van der Waals surface area contributed by atoms with Gasteiger partial charge in [-0.3, -0.25) is 0 Å². The summed E-state index contributed by atoms with van der Waals surface area (Å²) in [7, 11) is 0. The molecule has 0 amide bonds. The maximum atomic E-state index is 2.63. The second-order valence-electron chi connectivity index (χ2n) is 9.40. The van der Waals surface area contributed by atoms with Crippen LogP contribution in [0.4, 0.5) is 0 Å². The molecule has 0 N–H and O–H groups in total. The quantitative estimate of drug-likeness (QED) is 0.519. The third-order valence-corrected chi connectivity index (χ3v) is 7.84. The van der Waals surface area contributed by atoms with Crippen molar-refractivity contribution in [1.82, 2.24) is 0 Å². The van der Waals surface area contributed by atoms with Crippen molar-refractivity contribution in [2.75, 3.05) is 0 Å². The molecule has 124 valence electrons. The van der Waals surface area contributed by atoms with Crippen LogP contribution < -0.4 is 0 Å². The molecule has 0 aromatic rings. The van der Waals surface area contributed by atoms with Gasteiger partial charge in [0.2, 0.25) is 0 Å². The molecular formula is C22H36. The van der Waals surface area contributed by atoms with Gasteiger partial charge in [0.1, 0.15) is 0 Å². The van der Waals surface area contributed by atoms with Crippen LogP contribution in [-0.4, -0.2) is 0 Å². The van der Waals surface area contributed by atoms with Crippen LogP contribution in [0, 0.1) is 28.6 Å². The van der Waals surface area contributed by atoms with Crippen molar-refractivity contribution < 1.29 is 0 Å². The fourth-order valence-electron chi connectivity index (χ4n) is 6.06. The molecule has 1 unspecified atom stereocenters. The smallest absolute Gasteiger partial charge is 0.00768 e. The molecule has 0 saturated heterocycles. The molecule has 1 saturated carbocycles. The highest BCUT2D eigenvalue weighted by molar-refractivity contribution is 5.40. The minimum Gasteiger partial charge on any atom is -0.0671 e. The third kappa shape index (κ3) is 2.33. The van der Waals surface area contributed by atoms with Crippen molar-refractivity contribution in [2.24, 2.45) is 28.6 Å². The van der Waals surface area contributed by atoms with E-state index in [1.165, 1.54) is 44.9 Å². The second-order valence-corrected chi connectivity index (χ2v) is 9.40. The Labute approximate surface area is 138 Å². The molecule has 22 heavy (non-hydrogen) atoms. The highest BCUT2D eigenvalue weighted by atomic mass is 14.6. The number of hydrogen-bond acceptors (Lipinski definition) is 0. The van der Waals surface area contributed by atoms with Crippen LogP contribution in [0.2, 0.25) is 0 Å². The maximum Gasteiger partial charge on any atom is -0.00768 e. The van der Waals surface area contributed by atoms with Crippen LogP contribution in [0.1, 0.15) is 86.5 Å². The third-order valence-electron chi connectivity index (χ3n) is 7.84. The highest BCUT2D eigenvalue weighted by Gasteiger charge is 2.53. The lowest BCUT2D eigenvalue weighted by atomic mass is 9.46. The Balaban J connectivity index is 2.01. The molecule has 0 radical (unpaired) electrons. The van der Waals surface area contributed by atoms with E-state index in [9.17, 15) is 0 Å². The molecule has 3 rings (SSSR count). The van der Waals surface area contributed by atoms with E-state index in [1.807, 2.05) is 5.57 Å². The molecule has 3 aliphatic rings. The largest absolute Gasteiger partial charge is 0.0671 e. The van der Waals surface area contributed by atoms with E-state index in [-0.39, 0.29) is 0 Å². The van der Waals surface area contributed by atoms with Crippen molar-refractivity contribution in [3.63, 3.8) is 0 Å². The fraction of sp³-hybridized carbons (Fsp3) is 0.818. The predicted octanol–water partition coefficient (Wildman–Crippen LogP) is 6.92. The van der Waals surface area contributed by atoms with Gasteiger partial charge in [0.25, 0.3) is 0 Å². The van der Waals surface area contributed by atoms with Gasteiger partial charge >= 0.3 is 0 Å². The minimum atomic E-state index is 0.490. The molecule has 0 aromatic heterocycles. The van der Waals surface area contributed by atoms with E-state index in [1.54, 1.807) is 11.1 Å². The summed E-state index contributed by atoms with van der Waals surface area (Å²) in [6, 6.07) is 0. The second kappa shape index (κ2) is 5.53. The standard InChI is InChI=1S/C22H36/c1-15(2)17-8-10-19-18(14-17)9-11-20-21(5,16(3)4)12-7-13-22(19,20)6/h14-16,20H,7-13H2,1-6H3/t20?,21-,22+/m0/s1. The lowest BCUT2D eigenvalue weighted by molar-refractivity contribution is -0.0343. The van der Waals surface area contributed by atoms with Gasteiger partial charge in [-0.2, -0.15) is 0 Å². The molecule has 0 aliphatic heterocycles. The Morgan fingerprint density at radius 3 is 2.36 bits per heavy atom. The topological polar surface area (TPSA) is 0 Å². The van der Waals surface area contributed by atoms with Gasteiger partial charge < -0.3 is 0 Å². The summed E-state index contributed by atoms with van der Waals surface area (Å²) in [5, 5.41) is 0. The van der Waals surface area contributed by atoms with Gasteiger partial charge in [-0.05, 0) is 72.7 Å². The molecule has 0 nitrogen and oxygen atoms in total. The van der Waals surface area contributed by atoms with E-state index in [2.05, 4.69) is 47.6 Å². The molecule has 1 fully saturated rings. The fourth-order valence-corrected chi connectivity index (χ4v) is 6.06. The summed E-state index contributed by atoms with van der Waals surface area (Å²) in [5.74, 6) is 2.44. The van der Waals surface area contributed by atoms with E-state index in [4.69, 9.17) is 0 Å². The molecular weight excluding hydrogens is 264 g/mol. The molecule has 3 aliphatic carbocycles. The van der Waals surface area contributed by atoms with Crippen molar-refractivity contribution in [3.8, 4) is 0 Å². The van der Waals surface area contributed by atoms with Crippen LogP contribution in [0.5, 0.6) is 0 Å². The average molecular weight is 301 g/mol. The summed E-state index contributed by atoms with van der Waals surface area (Å²) in [6.07, 6.45) is 12.3. The highest BCUT2D eigenvalue weighted by Crippen LogP contribution is 2.63. The SMILES string of the molecule is CC(C)C1=CC2=C(CC1)[C@@]1(C)CCC[C@@](C)(C(C)C)C1CC2. The molecule has 0 bridgehead atoms. The molecule has 0 aromatic carbocycles. The first-order valence-corrected chi connectivity index (χ1v) is 9.72. The number of fused-ring (bicyclic) bond motifs is 2. The van der Waals surface area contributed by atoms with Crippen LogP contribution in [-0.2, 0) is 0 Å². The van der Waals surface area contributed by atoms with Crippen LogP contribution in [0.25, 0.3) is 0 Å². The Morgan fingerprint density at radius 1 is 1.00 bits per heavy atom. The average Bonchev–Trinajstić information content (AvgIpc) is 2.46. The number of rotatable bonds is 2. The zero-order valence-corrected chi connectivity index (χ0v) is 15.8. The number of allylic oxidation sites excluding steroid dienone is 4. The first kappa shape index (κ1) is 16.3. The Bertz CT molecular complexity index is 504. The zero-order valence-electron chi connectivity index (χ0n) is 15.8.